The smallest absolute Gasteiger partial charge is 0.328 e. The van der Waals surface area contributed by atoms with E-state index in [0.29, 0.717) is 25.0 Å². The fourth-order valence-corrected chi connectivity index (χ4v) is 4.18. The molecule has 1 heterocycles. The minimum atomic E-state index is -0.792. The van der Waals surface area contributed by atoms with Crippen LogP contribution in [0.15, 0.2) is 30.5 Å². The molecule has 0 aliphatic rings. The van der Waals surface area contributed by atoms with E-state index in [4.69, 9.17) is 4.74 Å². The number of rotatable bonds is 17. The quantitative estimate of drug-likeness (QED) is 0.0976. The van der Waals surface area contributed by atoms with Crippen molar-refractivity contribution in [1.29, 1.82) is 0 Å². The molecule has 0 spiro atoms. The molecule has 1 aromatic heterocycles. The number of ether oxygens (including phenoxy) is 1. The number of esters is 1. The van der Waals surface area contributed by atoms with E-state index < -0.39 is 29.9 Å². The Morgan fingerprint density at radius 2 is 1.67 bits per heavy atom. The van der Waals surface area contributed by atoms with Crippen molar-refractivity contribution in [2.45, 2.75) is 99.3 Å². The Balaban J connectivity index is 0. The molecule has 2 aromatic rings. The molecule has 5 N–H and O–H groups in total. The fraction of sp³-hybridized carbons (Fsp3) is 0.625. The Morgan fingerprint density at radius 1 is 1.00 bits per heavy atom. The van der Waals surface area contributed by atoms with Gasteiger partial charge < -0.3 is 31.0 Å². The van der Waals surface area contributed by atoms with E-state index in [1.165, 1.54) is 16.5 Å². The van der Waals surface area contributed by atoms with Crippen LogP contribution in [0.5, 0.6) is 0 Å². The van der Waals surface area contributed by atoms with Gasteiger partial charge in [-0.1, -0.05) is 52.8 Å². The van der Waals surface area contributed by atoms with Crippen molar-refractivity contribution in [1.82, 2.24) is 26.3 Å². The van der Waals surface area contributed by atoms with Crippen LogP contribution in [-0.2, 0) is 23.9 Å². The van der Waals surface area contributed by atoms with Crippen LogP contribution in [0.4, 0.5) is 0 Å². The summed E-state index contributed by atoms with van der Waals surface area (Å²) in [7, 11) is 0. The molecule has 3 amide bonds. The number of aromatic nitrogens is 1. The molecule has 0 saturated heterocycles. The highest BCUT2D eigenvalue weighted by molar-refractivity contribution is 7.98. The van der Waals surface area contributed by atoms with Gasteiger partial charge in [-0.15, -0.1) is 0 Å². The maximum Gasteiger partial charge on any atom is 0.328 e. The van der Waals surface area contributed by atoms with Crippen LogP contribution in [0.1, 0.15) is 79.7 Å². The molecule has 2 atom stereocenters. The van der Waals surface area contributed by atoms with E-state index in [9.17, 15) is 19.2 Å². The van der Waals surface area contributed by atoms with Gasteiger partial charge in [-0.2, -0.15) is 11.8 Å². The lowest BCUT2D eigenvalue weighted by Crippen LogP contribution is -2.53. The number of thioether (sulfide) groups is 1. The number of H-pyrrole nitrogens is 1. The van der Waals surface area contributed by atoms with Crippen molar-refractivity contribution in [2.75, 3.05) is 31.6 Å². The number of hydrogen-bond donors (Lipinski definition) is 5. The Bertz CT molecular complexity index is 1010. The number of amides is 3. The average molecular weight is 624 g/mol. The molecule has 0 fully saturated rings. The van der Waals surface area contributed by atoms with Crippen LogP contribution in [0.3, 0.4) is 0 Å². The maximum atomic E-state index is 12.7. The summed E-state index contributed by atoms with van der Waals surface area (Å²) in [5, 5.41) is 12.1. The zero-order valence-electron chi connectivity index (χ0n) is 27.8. The van der Waals surface area contributed by atoms with E-state index in [1.54, 1.807) is 25.6 Å². The lowest BCUT2D eigenvalue weighted by molar-refractivity contribution is -0.152. The number of nitrogens with one attached hydrogen (secondary N) is 5. The van der Waals surface area contributed by atoms with Crippen LogP contribution >= 0.6 is 11.8 Å². The first-order valence-electron chi connectivity index (χ1n) is 15.4. The lowest BCUT2D eigenvalue weighted by atomic mass is 10.1. The number of aromatic amines is 1. The number of aryl methyl sites for hydroxylation is 1. The van der Waals surface area contributed by atoms with Crippen LogP contribution in [0.2, 0.25) is 0 Å². The molecule has 1 aromatic carbocycles. The Kier molecular flexibility index (Phi) is 27.2. The normalized spacial score (nSPS) is 11.3. The molecular weight excluding hydrogens is 566 g/mol. The zero-order chi connectivity index (χ0) is 33.0. The minimum Gasteiger partial charge on any atom is -0.461 e. The van der Waals surface area contributed by atoms with Crippen LogP contribution in [0, 0.1) is 6.92 Å². The van der Waals surface area contributed by atoms with Crippen molar-refractivity contribution >= 4 is 46.9 Å². The number of para-hydroxylation sites is 1. The van der Waals surface area contributed by atoms with Gasteiger partial charge >= 0.3 is 5.97 Å². The molecular formula is C32H57N5O5S. The van der Waals surface area contributed by atoms with E-state index >= 15 is 0 Å². The monoisotopic (exact) mass is 623 g/mol. The third-order valence-electron chi connectivity index (χ3n) is 5.70. The minimum absolute atomic E-state index is 0.213. The number of unbranched alkanes of at least 4 members (excludes halogenated alkanes) is 1. The van der Waals surface area contributed by atoms with E-state index in [1.807, 2.05) is 53.1 Å². The maximum absolute atomic E-state index is 12.7. The second-order valence-electron chi connectivity index (χ2n) is 9.31. The summed E-state index contributed by atoms with van der Waals surface area (Å²) >= 11 is 1.55. The fourth-order valence-electron chi connectivity index (χ4n) is 3.71. The van der Waals surface area contributed by atoms with Crippen molar-refractivity contribution in [2.24, 2.45) is 0 Å². The number of carbonyl (C=O) groups is 4. The first kappa shape index (κ1) is 42.1. The lowest BCUT2D eigenvalue weighted by Gasteiger charge is -2.23. The van der Waals surface area contributed by atoms with Crippen molar-refractivity contribution < 1.29 is 23.9 Å². The predicted molar refractivity (Wildman–Crippen MR) is 180 cm³/mol. The third-order valence-corrected chi connectivity index (χ3v) is 6.35. The Hall–Kier alpha value is -3.05. The Labute approximate surface area is 263 Å². The summed E-state index contributed by atoms with van der Waals surface area (Å²) in [4.78, 5) is 50.6. The van der Waals surface area contributed by atoms with Gasteiger partial charge in [0.25, 0.3) is 0 Å². The molecule has 0 aliphatic heterocycles. The van der Waals surface area contributed by atoms with Crippen LogP contribution in [-0.4, -0.2) is 79.0 Å². The summed E-state index contributed by atoms with van der Waals surface area (Å²) in [6, 6.07) is 6.75. The number of hydrogen-bond acceptors (Lipinski definition) is 7. The topological polar surface area (TPSA) is 141 Å². The molecule has 0 radical (unpaired) electrons. The van der Waals surface area contributed by atoms with Gasteiger partial charge in [0.2, 0.25) is 18.2 Å². The first-order chi connectivity index (χ1) is 20.7. The zero-order valence-corrected chi connectivity index (χ0v) is 28.6. The van der Waals surface area contributed by atoms with Crippen LogP contribution in [0.25, 0.3) is 10.9 Å². The Morgan fingerprint density at radius 3 is 2.26 bits per heavy atom. The van der Waals surface area contributed by atoms with Gasteiger partial charge in [0.1, 0.15) is 12.1 Å². The molecule has 2 unspecified atom stereocenters. The van der Waals surface area contributed by atoms with Gasteiger partial charge in [-0.3, -0.25) is 14.4 Å². The van der Waals surface area contributed by atoms with E-state index in [2.05, 4.69) is 51.4 Å². The number of fused-ring (bicyclic) bond motifs is 1. The second kappa shape index (κ2) is 27.8. The van der Waals surface area contributed by atoms with Gasteiger partial charge in [0.15, 0.2) is 0 Å². The molecule has 2 rings (SSSR count). The number of carbonyl (C=O) groups excluding carboxylic acids is 4. The van der Waals surface area contributed by atoms with Crippen molar-refractivity contribution in [3.63, 3.8) is 0 Å². The summed E-state index contributed by atoms with van der Waals surface area (Å²) < 4.78 is 5.28. The summed E-state index contributed by atoms with van der Waals surface area (Å²) in [5.74, 6) is -0.723. The van der Waals surface area contributed by atoms with Gasteiger partial charge in [-0.05, 0) is 83.2 Å². The number of benzene rings is 1. The first-order valence-corrected chi connectivity index (χ1v) is 16.8. The molecule has 11 heteroatoms. The summed E-state index contributed by atoms with van der Waals surface area (Å²) in [6.45, 7) is 17.1. The van der Waals surface area contributed by atoms with Crippen molar-refractivity contribution in [3.8, 4) is 0 Å². The second-order valence-corrected chi connectivity index (χ2v) is 10.3. The van der Waals surface area contributed by atoms with E-state index in [-0.39, 0.29) is 12.6 Å². The molecule has 43 heavy (non-hydrogen) atoms. The molecule has 10 nitrogen and oxygen atoms in total. The largest absolute Gasteiger partial charge is 0.461 e. The molecule has 0 bridgehead atoms. The van der Waals surface area contributed by atoms with Gasteiger partial charge in [0.05, 0.1) is 12.6 Å². The average Bonchev–Trinajstić information content (AvgIpc) is 3.39. The molecule has 0 aliphatic carbocycles. The molecule has 246 valence electrons. The van der Waals surface area contributed by atoms with Crippen molar-refractivity contribution in [3.05, 3.63) is 36.0 Å². The SMILES string of the molecule is CC.CC.CCNCCCCC(NC(=O)C(CCSC)NC(=O)CNC=O)C(=O)OC(C)C.Cc1c[nH]c2ccccc12. The highest BCUT2D eigenvalue weighted by atomic mass is 32.2. The highest BCUT2D eigenvalue weighted by Crippen LogP contribution is 2.15. The predicted octanol–water partition coefficient (Wildman–Crippen LogP) is 4.72. The van der Waals surface area contributed by atoms with Crippen LogP contribution < -0.4 is 21.3 Å². The summed E-state index contributed by atoms with van der Waals surface area (Å²) in [5.41, 5.74) is 2.54. The standard InChI is InChI=1S/C19H36N4O5S.C9H9N.2C2H6/c1-5-20-10-7-6-8-16(19(27)28-14(2)3)23-18(26)15(9-11-29-4)22-17(25)12-21-13-24;1-7-6-10-9-5-3-2-4-8(7)9;2*1-2/h13-16,20H,5-12H2,1-4H3,(H,21,24)(H,22,25)(H,23,26);2-6,10H,1H3;2*1-2H3. The summed E-state index contributed by atoms with van der Waals surface area (Å²) in [6.07, 6.45) is 6.55. The molecule has 0 saturated carbocycles. The van der Waals surface area contributed by atoms with Gasteiger partial charge in [-0.25, -0.2) is 4.79 Å². The third kappa shape index (κ3) is 19.7. The highest BCUT2D eigenvalue weighted by Gasteiger charge is 2.27. The van der Waals surface area contributed by atoms with E-state index in [0.717, 1.165) is 25.9 Å². The van der Waals surface area contributed by atoms with Gasteiger partial charge in [0, 0.05) is 17.1 Å².